The lowest BCUT2D eigenvalue weighted by Gasteiger charge is -2.33. The van der Waals surface area contributed by atoms with Gasteiger partial charge in [-0.2, -0.15) is 8.61 Å². The van der Waals surface area contributed by atoms with Gasteiger partial charge in [-0.25, -0.2) is 21.2 Å². The number of sulfonamides is 2. The van der Waals surface area contributed by atoms with Crippen LogP contribution in [0.2, 0.25) is 0 Å². The molecule has 2 aromatic rings. The fourth-order valence-corrected chi connectivity index (χ4v) is 5.76. The maximum Gasteiger partial charge on any atom is 0.243 e. The van der Waals surface area contributed by atoms with Gasteiger partial charge in [0.2, 0.25) is 20.0 Å². The summed E-state index contributed by atoms with van der Waals surface area (Å²) < 4.78 is 65.8. The molecule has 0 radical (unpaired) electrons. The summed E-state index contributed by atoms with van der Waals surface area (Å²) in [6.45, 7) is 0.312. The van der Waals surface area contributed by atoms with Crippen LogP contribution in [0.3, 0.4) is 0 Å². The fraction of sp³-hybridized carbons (Fsp3) is 0.294. The number of halogens is 1. The summed E-state index contributed by atoms with van der Waals surface area (Å²) in [5.41, 5.74) is 0.689. The number of piperazine rings is 1. The Morgan fingerprint density at radius 2 is 1.31 bits per heavy atom. The summed E-state index contributed by atoms with van der Waals surface area (Å²) in [6, 6.07) is 13.5. The highest BCUT2D eigenvalue weighted by atomic mass is 32.2. The molecule has 0 amide bonds. The highest BCUT2D eigenvalue weighted by Gasteiger charge is 2.32. The van der Waals surface area contributed by atoms with Crippen LogP contribution >= 0.6 is 0 Å². The highest BCUT2D eigenvalue weighted by molar-refractivity contribution is 7.89. The Labute approximate surface area is 153 Å². The number of nitrogens with zero attached hydrogens (tertiary/aromatic N) is 2. The van der Waals surface area contributed by atoms with E-state index in [1.165, 1.54) is 20.7 Å². The molecular weight excluding hydrogens is 379 g/mol. The summed E-state index contributed by atoms with van der Waals surface area (Å²) in [6.07, 6.45) is 0. The molecule has 0 spiro atoms. The second-order valence-electron chi connectivity index (χ2n) is 6.00. The molecule has 0 bridgehead atoms. The van der Waals surface area contributed by atoms with Crippen molar-refractivity contribution >= 4 is 20.0 Å². The maximum absolute atomic E-state index is 13.0. The molecule has 0 atom stereocenters. The van der Waals surface area contributed by atoms with Gasteiger partial charge in [-0.15, -0.1) is 0 Å². The van der Waals surface area contributed by atoms with Crippen molar-refractivity contribution in [2.24, 2.45) is 0 Å². The SMILES string of the molecule is O=S(=O)(Cc1ccccc1)N1CCN(S(=O)(=O)c2ccc(F)cc2)CC1. The third-order valence-electron chi connectivity index (χ3n) is 4.23. The lowest BCUT2D eigenvalue weighted by Crippen LogP contribution is -2.50. The lowest BCUT2D eigenvalue weighted by atomic mass is 10.2. The van der Waals surface area contributed by atoms with E-state index in [9.17, 15) is 21.2 Å². The highest BCUT2D eigenvalue weighted by Crippen LogP contribution is 2.20. The average Bonchev–Trinajstić information content (AvgIpc) is 2.63. The predicted octanol–water partition coefficient (Wildman–Crippen LogP) is 1.66. The Kier molecular flexibility index (Phi) is 5.42. The second-order valence-corrected chi connectivity index (χ2v) is 9.91. The largest absolute Gasteiger partial charge is 0.243 e. The minimum atomic E-state index is -3.76. The van der Waals surface area contributed by atoms with Crippen LogP contribution in [0, 0.1) is 5.82 Å². The molecule has 1 saturated heterocycles. The standard InChI is InChI=1S/C17H19FN2O4S2/c18-16-6-8-17(9-7-16)26(23,24)20-12-10-19(11-13-20)25(21,22)14-15-4-2-1-3-5-15/h1-9H,10-14H2. The zero-order valence-corrected chi connectivity index (χ0v) is 15.6. The molecule has 9 heteroatoms. The molecule has 6 nitrogen and oxygen atoms in total. The third kappa shape index (κ3) is 4.12. The van der Waals surface area contributed by atoms with E-state index in [1.807, 2.05) is 6.07 Å². The van der Waals surface area contributed by atoms with Crippen molar-refractivity contribution in [1.29, 1.82) is 0 Å². The minimum Gasteiger partial charge on any atom is -0.212 e. The first kappa shape index (κ1) is 19.0. The van der Waals surface area contributed by atoms with Crippen molar-refractivity contribution in [3.63, 3.8) is 0 Å². The van der Waals surface area contributed by atoms with Crippen LogP contribution in [0.25, 0.3) is 0 Å². The van der Waals surface area contributed by atoms with Crippen LogP contribution in [-0.4, -0.2) is 51.6 Å². The molecule has 1 aliphatic rings. The Morgan fingerprint density at radius 3 is 1.88 bits per heavy atom. The Balaban J connectivity index is 1.68. The number of benzene rings is 2. The molecule has 1 heterocycles. The molecule has 0 N–H and O–H groups in total. The Bertz CT molecular complexity index is 954. The van der Waals surface area contributed by atoms with Gasteiger partial charge in [0, 0.05) is 26.2 Å². The van der Waals surface area contributed by atoms with E-state index >= 15 is 0 Å². The van der Waals surface area contributed by atoms with Crippen LogP contribution in [0.15, 0.2) is 59.5 Å². The summed E-state index contributed by atoms with van der Waals surface area (Å²) in [4.78, 5) is -0.000470. The van der Waals surface area contributed by atoms with Gasteiger partial charge in [0.15, 0.2) is 0 Å². The molecule has 140 valence electrons. The van der Waals surface area contributed by atoms with E-state index in [2.05, 4.69) is 0 Å². The molecule has 1 fully saturated rings. The molecule has 26 heavy (non-hydrogen) atoms. The van der Waals surface area contributed by atoms with Crippen molar-refractivity contribution in [2.45, 2.75) is 10.6 Å². The zero-order valence-electron chi connectivity index (χ0n) is 14.0. The summed E-state index contributed by atoms with van der Waals surface area (Å²) in [7, 11) is -7.27. The first-order valence-electron chi connectivity index (χ1n) is 8.06. The summed E-state index contributed by atoms with van der Waals surface area (Å²) in [5, 5.41) is 0. The molecule has 3 rings (SSSR count). The monoisotopic (exact) mass is 398 g/mol. The summed E-state index contributed by atoms with van der Waals surface area (Å²) in [5.74, 6) is -0.626. The van der Waals surface area contributed by atoms with Gasteiger partial charge in [-0.05, 0) is 29.8 Å². The van der Waals surface area contributed by atoms with Gasteiger partial charge in [-0.1, -0.05) is 30.3 Å². The van der Waals surface area contributed by atoms with Gasteiger partial charge in [0.1, 0.15) is 5.82 Å². The quantitative estimate of drug-likeness (QED) is 0.768. The first-order chi connectivity index (χ1) is 12.3. The van der Waals surface area contributed by atoms with Gasteiger partial charge < -0.3 is 0 Å². The predicted molar refractivity (Wildman–Crippen MR) is 95.8 cm³/mol. The van der Waals surface area contributed by atoms with E-state index in [-0.39, 0.29) is 36.8 Å². The van der Waals surface area contributed by atoms with Crippen LogP contribution in [-0.2, 0) is 25.8 Å². The Hall–Kier alpha value is -1.81. The third-order valence-corrected chi connectivity index (χ3v) is 8.00. The fourth-order valence-electron chi connectivity index (χ4n) is 2.82. The van der Waals surface area contributed by atoms with Crippen LogP contribution in [0.4, 0.5) is 4.39 Å². The van der Waals surface area contributed by atoms with E-state index in [0.29, 0.717) is 5.56 Å². The zero-order chi connectivity index (χ0) is 18.8. The second kappa shape index (κ2) is 7.43. The van der Waals surface area contributed by atoms with E-state index in [1.54, 1.807) is 24.3 Å². The molecule has 0 saturated carbocycles. The molecule has 0 aromatic heterocycles. The number of rotatable bonds is 5. The van der Waals surface area contributed by atoms with E-state index < -0.39 is 25.9 Å². The van der Waals surface area contributed by atoms with Gasteiger partial charge in [0.05, 0.1) is 10.6 Å². The van der Waals surface area contributed by atoms with Crippen LogP contribution < -0.4 is 0 Å². The minimum absolute atomic E-state index is 0.000470. The van der Waals surface area contributed by atoms with Crippen molar-refractivity contribution in [2.75, 3.05) is 26.2 Å². The van der Waals surface area contributed by atoms with Crippen molar-refractivity contribution in [1.82, 2.24) is 8.61 Å². The van der Waals surface area contributed by atoms with Crippen molar-refractivity contribution in [3.05, 3.63) is 66.0 Å². The van der Waals surface area contributed by atoms with Gasteiger partial charge in [0.25, 0.3) is 0 Å². The maximum atomic E-state index is 13.0. The molecule has 2 aromatic carbocycles. The molecular formula is C17H19FN2O4S2. The summed E-state index contributed by atoms with van der Waals surface area (Å²) >= 11 is 0. The van der Waals surface area contributed by atoms with Crippen LogP contribution in [0.1, 0.15) is 5.56 Å². The Morgan fingerprint density at radius 1 is 0.769 bits per heavy atom. The number of hydrogen-bond acceptors (Lipinski definition) is 4. The van der Waals surface area contributed by atoms with Crippen molar-refractivity contribution < 1.29 is 21.2 Å². The normalized spacial score (nSPS) is 17.3. The van der Waals surface area contributed by atoms with Crippen molar-refractivity contribution in [3.8, 4) is 0 Å². The van der Waals surface area contributed by atoms with E-state index in [4.69, 9.17) is 0 Å². The van der Waals surface area contributed by atoms with Gasteiger partial charge in [-0.3, -0.25) is 0 Å². The van der Waals surface area contributed by atoms with E-state index in [0.717, 1.165) is 12.1 Å². The van der Waals surface area contributed by atoms with Gasteiger partial charge >= 0.3 is 0 Å². The lowest BCUT2D eigenvalue weighted by molar-refractivity contribution is 0.272. The smallest absolute Gasteiger partial charge is 0.212 e. The molecule has 1 aliphatic heterocycles. The topological polar surface area (TPSA) is 74.8 Å². The first-order valence-corrected chi connectivity index (χ1v) is 11.1. The molecule has 0 unspecified atom stereocenters. The number of hydrogen-bond donors (Lipinski definition) is 0. The average molecular weight is 398 g/mol. The molecule has 0 aliphatic carbocycles. The van der Waals surface area contributed by atoms with Crippen LogP contribution in [0.5, 0.6) is 0 Å².